The first-order chi connectivity index (χ1) is 13.6. The van der Waals surface area contributed by atoms with Gasteiger partial charge in [-0.05, 0) is 35.6 Å². The van der Waals surface area contributed by atoms with Crippen LogP contribution < -0.4 is 9.46 Å². The van der Waals surface area contributed by atoms with Gasteiger partial charge in [0.15, 0.2) is 0 Å². The average Bonchev–Trinajstić information content (AvgIpc) is 2.71. The number of benzene rings is 3. The topological polar surface area (TPSA) is 55.4 Å². The van der Waals surface area contributed by atoms with E-state index in [1.807, 2.05) is 54.6 Å². The van der Waals surface area contributed by atoms with E-state index in [-0.39, 0.29) is 18.0 Å². The number of sulfonamides is 1. The molecule has 0 saturated carbocycles. The van der Waals surface area contributed by atoms with Crippen LogP contribution in [0.5, 0.6) is 5.75 Å². The normalized spacial score (nSPS) is 11.0. The zero-order chi connectivity index (χ0) is 19.8. The van der Waals surface area contributed by atoms with Gasteiger partial charge >= 0.3 is 0 Å². The van der Waals surface area contributed by atoms with Crippen molar-refractivity contribution in [2.45, 2.75) is 24.7 Å². The number of hydrogen-bond acceptors (Lipinski definition) is 3. The summed E-state index contributed by atoms with van der Waals surface area (Å²) in [6.45, 7) is 2.33. The monoisotopic (exact) mass is 393 g/mol. The van der Waals surface area contributed by atoms with Crippen molar-refractivity contribution in [1.29, 1.82) is 0 Å². The molecule has 0 aliphatic heterocycles. The van der Waals surface area contributed by atoms with Gasteiger partial charge in [0.2, 0.25) is 10.0 Å². The van der Waals surface area contributed by atoms with Crippen LogP contribution >= 0.6 is 0 Å². The lowest BCUT2D eigenvalue weighted by Crippen LogP contribution is -2.24. The van der Waals surface area contributed by atoms with Crippen molar-refractivity contribution in [1.82, 2.24) is 4.72 Å². The third-order valence-electron chi connectivity index (χ3n) is 4.30. The lowest BCUT2D eigenvalue weighted by molar-refractivity contribution is 0.374. The van der Waals surface area contributed by atoms with Gasteiger partial charge in [-0.2, -0.15) is 4.72 Å². The summed E-state index contributed by atoms with van der Waals surface area (Å²) in [5, 5.41) is 2.13. The molecule has 0 atom stereocenters. The van der Waals surface area contributed by atoms with Crippen LogP contribution in [-0.2, 0) is 16.4 Å². The molecule has 0 heterocycles. The molecule has 0 aliphatic rings. The average molecular weight is 394 g/mol. The Bertz CT molecular complexity index is 1090. The minimum Gasteiger partial charge on any atom is -0.480 e. The quantitative estimate of drug-likeness (QED) is 0.614. The molecule has 0 spiro atoms. The van der Waals surface area contributed by atoms with E-state index >= 15 is 0 Å². The fourth-order valence-corrected chi connectivity index (χ4v) is 3.81. The van der Waals surface area contributed by atoms with Crippen LogP contribution in [0.15, 0.2) is 71.6 Å². The largest absolute Gasteiger partial charge is 0.480 e. The standard InChI is InChI=1S/C23H23NO3S/c1-2-8-19-13-15-21(16-14-19)28(25,26)24-17-5-6-18-27-23-12-7-10-20-9-3-4-11-22(20)23/h3-4,7,9-16,24H,2,8,17-18H2,1H3. The van der Waals surface area contributed by atoms with E-state index in [2.05, 4.69) is 23.5 Å². The fourth-order valence-electron chi connectivity index (χ4n) is 2.89. The highest BCUT2D eigenvalue weighted by molar-refractivity contribution is 7.89. The van der Waals surface area contributed by atoms with Crippen molar-refractivity contribution in [2.24, 2.45) is 0 Å². The molecule has 0 aromatic heterocycles. The Hall–Kier alpha value is -2.81. The van der Waals surface area contributed by atoms with Crippen LogP contribution in [0.25, 0.3) is 10.8 Å². The predicted octanol–water partition coefficient (Wildman–Crippen LogP) is 4.15. The van der Waals surface area contributed by atoms with Gasteiger partial charge in [0.1, 0.15) is 12.4 Å². The summed E-state index contributed by atoms with van der Waals surface area (Å²) in [4.78, 5) is 0.251. The van der Waals surface area contributed by atoms with Crippen molar-refractivity contribution >= 4 is 20.8 Å². The minimum atomic E-state index is -3.55. The van der Waals surface area contributed by atoms with Crippen molar-refractivity contribution in [3.8, 4) is 17.6 Å². The molecule has 28 heavy (non-hydrogen) atoms. The number of aryl methyl sites for hydroxylation is 1. The summed E-state index contributed by atoms with van der Waals surface area (Å²) in [6, 6.07) is 20.8. The highest BCUT2D eigenvalue weighted by atomic mass is 32.2. The Kier molecular flexibility index (Phi) is 6.70. The summed E-state index contributed by atoms with van der Waals surface area (Å²) in [7, 11) is -3.55. The molecule has 0 amide bonds. The van der Waals surface area contributed by atoms with Gasteiger partial charge in [-0.15, -0.1) is 0 Å². The second-order valence-electron chi connectivity index (χ2n) is 6.34. The summed E-state index contributed by atoms with van der Waals surface area (Å²) >= 11 is 0. The molecule has 4 nitrogen and oxygen atoms in total. The Labute approximate surface area is 166 Å². The molecule has 0 saturated heterocycles. The Morgan fingerprint density at radius 3 is 2.46 bits per heavy atom. The SMILES string of the molecule is CCCc1ccc(S(=O)(=O)NCC#CCOc2cccc3ccccc23)cc1. The fraction of sp³-hybridized carbons (Fsp3) is 0.217. The molecule has 3 aromatic rings. The number of nitrogens with one attached hydrogen (secondary N) is 1. The third-order valence-corrected chi connectivity index (χ3v) is 5.71. The van der Waals surface area contributed by atoms with E-state index < -0.39 is 10.0 Å². The maximum atomic E-state index is 12.3. The van der Waals surface area contributed by atoms with E-state index in [1.54, 1.807) is 12.1 Å². The van der Waals surface area contributed by atoms with Crippen molar-refractivity contribution in [2.75, 3.05) is 13.2 Å². The first kappa shape index (κ1) is 19.9. The molecule has 3 rings (SSSR count). The van der Waals surface area contributed by atoms with E-state index in [0.29, 0.717) is 0 Å². The Balaban J connectivity index is 1.53. The molecule has 0 unspecified atom stereocenters. The second kappa shape index (κ2) is 9.41. The highest BCUT2D eigenvalue weighted by Crippen LogP contribution is 2.24. The summed E-state index contributed by atoms with van der Waals surface area (Å²) < 4.78 is 32.8. The van der Waals surface area contributed by atoms with Gasteiger partial charge < -0.3 is 4.74 Å². The highest BCUT2D eigenvalue weighted by Gasteiger charge is 2.12. The van der Waals surface area contributed by atoms with E-state index in [1.165, 1.54) is 0 Å². The third kappa shape index (κ3) is 5.13. The zero-order valence-corrected chi connectivity index (χ0v) is 16.6. The molecule has 5 heteroatoms. The molecule has 144 valence electrons. The lowest BCUT2D eigenvalue weighted by atomic mass is 10.1. The molecular weight excluding hydrogens is 370 g/mol. The van der Waals surface area contributed by atoms with E-state index in [9.17, 15) is 8.42 Å². The van der Waals surface area contributed by atoms with Crippen molar-refractivity contribution in [3.05, 3.63) is 72.3 Å². The van der Waals surface area contributed by atoms with Crippen molar-refractivity contribution < 1.29 is 13.2 Å². The lowest BCUT2D eigenvalue weighted by Gasteiger charge is -2.06. The second-order valence-corrected chi connectivity index (χ2v) is 8.10. The number of rotatable bonds is 7. The van der Waals surface area contributed by atoms with E-state index in [4.69, 9.17) is 4.74 Å². The first-order valence-electron chi connectivity index (χ1n) is 9.25. The molecular formula is C23H23NO3S. The molecule has 0 aliphatic carbocycles. The summed E-state index contributed by atoms with van der Waals surface area (Å²) in [5.74, 6) is 6.41. The number of ether oxygens (including phenoxy) is 1. The number of fused-ring (bicyclic) bond motifs is 1. The van der Waals surface area contributed by atoms with Gasteiger partial charge in [-0.3, -0.25) is 0 Å². The van der Waals surface area contributed by atoms with Gasteiger partial charge in [0, 0.05) is 5.39 Å². The van der Waals surface area contributed by atoms with Crippen LogP contribution in [0.3, 0.4) is 0 Å². The van der Waals surface area contributed by atoms with Crippen LogP contribution in [-0.4, -0.2) is 21.6 Å². The van der Waals surface area contributed by atoms with Gasteiger partial charge in [-0.25, -0.2) is 8.42 Å². The van der Waals surface area contributed by atoms with Crippen LogP contribution in [0.4, 0.5) is 0 Å². The summed E-state index contributed by atoms with van der Waals surface area (Å²) in [5.41, 5.74) is 1.13. The molecule has 0 bridgehead atoms. The van der Waals surface area contributed by atoms with Gasteiger partial charge in [0.25, 0.3) is 0 Å². The summed E-state index contributed by atoms with van der Waals surface area (Å²) in [6.07, 6.45) is 1.97. The van der Waals surface area contributed by atoms with Crippen LogP contribution in [0.1, 0.15) is 18.9 Å². The Morgan fingerprint density at radius 1 is 0.929 bits per heavy atom. The van der Waals surface area contributed by atoms with Crippen LogP contribution in [0.2, 0.25) is 0 Å². The maximum absolute atomic E-state index is 12.3. The van der Waals surface area contributed by atoms with Crippen molar-refractivity contribution in [3.63, 3.8) is 0 Å². The minimum absolute atomic E-state index is 0.0396. The van der Waals surface area contributed by atoms with Gasteiger partial charge in [0.05, 0.1) is 11.4 Å². The molecule has 3 aromatic carbocycles. The predicted molar refractivity (Wildman–Crippen MR) is 113 cm³/mol. The smallest absolute Gasteiger partial charge is 0.241 e. The zero-order valence-electron chi connectivity index (χ0n) is 15.8. The number of hydrogen-bond donors (Lipinski definition) is 1. The van der Waals surface area contributed by atoms with E-state index in [0.717, 1.165) is 34.9 Å². The first-order valence-corrected chi connectivity index (χ1v) is 10.7. The Morgan fingerprint density at radius 2 is 1.68 bits per heavy atom. The maximum Gasteiger partial charge on any atom is 0.241 e. The van der Waals surface area contributed by atoms with Gasteiger partial charge in [-0.1, -0.05) is 73.7 Å². The molecule has 1 N–H and O–H groups in total. The molecule has 0 radical (unpaired) electrons. The molecule has 0 fully saturated rings. The van der Waals surface area contributed by atoms with Crippen LogP contribution in [0, 0.1) is 11.8 Å².